The van der Waals surface area contributed by atoms with Crippen LogP contribution in [0.1, 0.15) is 17.9 Å². The standard InChI is InChI=1S/C13H13N5O4/c14-6-10(12(15)16)18-17-8-3-1-7(2-4-8)9(13(21)22)5-11(19)20/h1-4,9,17H,5H2,(H3,15,16)(H,19,20)(H,21,22)/b18-10+. The quantitative estimate of drug-likeness (QED) is 0.278. The molecule has 114 valence electrons. The number of hydrogen-bond donors (Lipinski definition) is 5. The van der Waals surface area contributed by atoms with E-state index in [9.17, 15) is 9.59 Å². The van der Waals surface area contributed by atoms with Crippen LogP contribution in [0.15, 0.2) is 29.4 Å². The van der Waals surface area contributed by atoms with Gasteiger partial charge in [-0.15, -0.1) is 0 Å². The van der Waals surface area contributed by atoms with Crippen LogP contribution in [0.5, 0.6) is 0 Å². The van der Waals surface area contributed by atoms with Crippen molar-refractivity contribution in [2.24, 2.45) is 10.8 Å². The van der Waals surface area contributed by atoms with Gasteiger partial charge < -0.3 is 15.9 Å². The smallest absolute Gasteiger partial charge is 0.311 e. The zero-order chi connectivity index (χ0) is 16.7. The molecule has 0 amide bonds. The van der Waals surface area contributed by atoms with Crippen molar-refractivity contribution in [3.05, 3.63) is 29.8 Å². The summed E-state index contributed by atoms with van der Waals surface area (Å²) in [6.45, 7) is 0. The molecule has 1 rings (SSSR count). The predicted octanol–water partition coefficient (Wildman–Crippen LogP) is 0.557. The summed E-state index contributed by atoms with van der Waals surface area (Å²) in [6.07, 6.45) is -0.525. The fourth-order valence-electron chi connectivity index (χ4n) is 1.58. The Kier molecular flexibility index (Phi) is 5.59. The van der Waals surface area contributed by atoms with Crippen LogP contribution in [0, 0.1) is 16.7 Å². The van der Waals surface area contributed by atoms with Gasteiger partial charge in [-0.1, -0.05) is 12.1 Å². The molecule has 9 nitrogen and oxygen atoms in total. The van der Waals surface area contributed by atoms with E-state index in [2.05, 4.69) is 10.5 Å². The lowest BCUT2D eigenvalue weighted by atomic mass is 9.96. The number of anilines is 1. The van der Waals surface area contributed by atoms with Crippen molar-refractivity contribution in [2.45, 2.75) is 12.3 Å². The highest BCUT2D eigenvalue weighted by molar-refractivity contribution is 6.45. The second-order valence-corrected chi connectivity index (χ2v) is 4.21. The second kappa shape index (κ2) is 7.39. The number of carboxylic acid groups (broad SMARTS) is 2. The summed E-state index contributed by atoms with van der Waals surface area (Å²) < 4.78 is 0. The molecule has 0 saturated heterocycles. The third kappa shape index (κ3) is 4.61. The molecule has 1 aromatic carbocycles. The number of nitrogens with zero attached hydrogens (tertiary/aromatic N) is 2. The molecule has 1 atom stereocenters. The van der Waals surface area contributed by atoms with Crippen molar-refractivity contribution in [1.82, 2.24) is 0 Å². The summed E-state index contributed by atoms with van der Waals surface area (Å²) in [4.78, 5) is 21.7. The van der Waals surface area contributed by atoms with Crippen molar-refractivity contribution in [3.63, 3.8) is 0 Å². The number of hydrazone groups is 1. The van der Waals surface area contributed by atoms with Crippen molar-refractivity contribution in [3.8, 4) is 6.07 Å². The van der Waals surface area contributed by atoms with E-state index in [1.54, 1.807) is 6.07 Å². The first-order valence-corrected chi connectivity index (χ1v) is 5.98. The van der Waals surface area contributed by atoms with Crippen LogP contribution < -0.4 is 11.2 Å². The van der Waals surface area contributed by atoms with Crippen molar-refractivity contribution < 1.29 is 19.8 Å². The molecule has 0 spiro atoms. The molecule has 22 heavy (non-hydrogen) atoms. The van der Waals surface area contributed by atoms with Crippen LogP contribution >= 0.6 is 0 Å². The largest absolute Gasteiger partial charge is 0.481 e. The lowest BCUT2D eigenvalue weighted by Crippen LogP contribution is -2.21. The van der Waals surface area contributed by atoms with Gasteiger partial charge in [0, 0.05) is 0 Å². The normalized spacial score (nSPS) is 12.0. The fraction of sp³-hybridized carbons (Fsp3) is 0.154. The summed E-state index contributed by atoms with van der Waals surface area (Å²) in [5, 5.41) is 37.1. The minimum Gasteiger partial charge on any atom is -0.481 e. The van der Waals surface area contributed by atoms with Gasteiger partial charge in [-0.25, -0.2) is 0 Å². The van der Waals surface area contributed by atoms with E-state index in [0.29, 0.717) is 11.3 Å². The number of amidine groups is 1. The van der Waals surface area contributed by atoms with Gasteiger partial charge in [0.2, 0.25) is 5.71 Å². The van der Waals surface area contributed by atoms with Crippen LogP contribution in [0.4, 0.5) is 5.69 Å². The van der Waals surface area contributed by atoms with E-state index >= 15 is 0 Å². The molecule has 0 radical (unpaired) electrons. The highest BCUT2D eigenvalue weighted by Gasteiger charge is 2.22. The lowest BCUT2D eigenvalue weighted by molar-refractivity contribution is -0.145. The maximum atomic E-state index is 11.1. The number of nitrogens with two attached hydrogens (primary N) is 1. The van der Waals surface area contributed by atoms with Gasteiger partial charge in [0.25, 0.3) is 0 Å². The Bertz CT molecular complexity index is 660. The molecule has 0 heterocycles. The highest BCUT2D eigenvalue weighted by Crippen LogP contribution is 2.22. The Morgan fingerprint density at radius 1 is 1.36 bits per heavy atom. The maximum absolute atomic E-state index is 11.1. The number of nitrogens with one attached hydrogen (secondary N) is 2. The van der Waals surface area contributed by atoms with E-state index in [-0.39, 0.29) is 5.71 Å². The Morgan fingerprint density at radius 2 is 1.95 bits per heavy atom. The Labute approximate surface area is 125 Å². The molecule has 0 aliphatic carbocycles. The average molecular weight is 303 g/mol. The zero-order valence-corrected chi connectivity index (χ0v) is 11.3. The van der Waals surface area contributed by atoms with Gasteiger partial charge in [-0.2, -0.15) is 10.4 Å². The zero-order valence-electron chi connectivity index (χ0n) is 11.3. The van der Waals surface area contributed by atoms with Crippen LogP contribution in [0.2, 0.25) is 0 Å². The SMILES string of the molecule is N#C/C(=N\Nc1ccc(C(CC(=O)O)C(=O)O)cc1)C(=N)N. The molecule has 1 aromatic rings. The van der Waals surface area contributed by atoms with Crippen molar-refractivity contribution in [2.75, 3.05) is 5.43 Å². The highest BCUT2D eigenvalue weighted by atomic mass is 16.4. The third-order valence-corrected chi connectivity index (χ3v) is 2.65. The Hall–Kier alpha value is -3.41. The second-order valence-electron chi connectivity index (χ2n) is 4.21. The van der Waals surface area contributed by atoms with Gasteiger partial charge >= 0.3 is 11.9 Å². The van der Waals surface area contributed by atoms with E-state index in [0.717, 1.165) is 0 Å². The van der Waals surface area contributed by atoms with Crippen LogP contribution in [-0.2, 0) is 9.59 Å². The minimum atomic E-state index is -1.23. The number of benzene rings is 1. The number of rotatable bonds is 7. The number of aliphatic carboxylic acids is 2. The number of hydrogen-bond acceptors (Lipinski definition) is 6. The van der Waals surface area contributed by atoms with Gasteiger partial charge in [-0.05, 0) is 17.7 Å². The number of carbonyl (C=O) groups is 2. The van der Waals surface area contributed by atoms with Gasteiger partial charge in [0.1, 0.15) is 6.07 Å². The van der Waals surface area contributed by atoms with Crippen LogP contribution in [-0.4, -0.2) is 33.7 Å². The predicted molar refractivity (Wildman–Crippen MR) is 77.7 cm³/mol. The van der Waals surface area contributed by atoms with E-state index in [1.807, 2.05) is 0 Å². The van der Waals surface area contributed by atoms with Crippen LogP contribution in [0.3, 0.4) is 0 Å². The molecule has 0 bridgehead atoms. The van der Waals surface area contributed by atoms with Crippen molar-refractivity contribution in [1.29, 1.82) is 10.7 Å². The molecule has 0 fully saturated rings. The van der Waals surface area contributed by atoms with Gasteiger partial charge in [0.15, 0.2) is 5.84 Å². The summed E-state index contributed by atoms with van der Waals surface area (Å²) in [5.41, 5.74) is 8.08. The summed E-state index contributed by atoms with van der Waals surface area (Å²) in [5.74, 6) is -4.08. The minimum absolute atomic E-state index is 0.293. The summed E-state index contributed by atoms with van der Waals surface area (Å²) in [7, 11) is 0. The summed E-state index contributed by atoms with van der Waals surface area (Å²) >= 11 is 0. The average Bonchev–Trinajstić information content (AvgIpc) is 2.45. The molecule has 0 aliphatic heterocycles. The molecule has 0 aromatic heterocycles. The number of carboxylic acids is 2. The topological polar surface area (TPSA) is 173 Å². The monoisotopic (exact) mass is 303 g/mol. The Balaban J connectivity index is 2.90. The lowest BCUT2D eigenvalue weighted by Gasteiger charge is -2.11. The van der Waals surface area contributed by atoms with Gasteiger partial charge in [-0.3, -0.25) is 20.4 Å². The molecule has 9 heteroatoms. The fourth-order valence-corrected chi connectivity index (χ4v) is 1.58. The van der Waals surface area contributed by atoms with E-state index in [1.165, 1.54) is 24.3 Å². The number of nitriles is 1. The maximum Gasteiger partial charge on any atom is 0.311 e. The molecular weight excluding hydrogens is 290 g/mol. The van der Waals surface area contributed by atoms with E-state index in [4.69, 9.17) is 26.6 Å². The first-order valence-electron chi connectivity index (χ1n) is 5.98. The summed E-state index contributed by atoms with van der Waals surface area (Å²) in [6, 6.07) is 7.48. The van der Waals surface area contributed by atoms with Crippen LogP contribution in [0.25, 0.3) is 0 Å². The van der Waals surface area contributed by atoms with E-state index < -0.39 is 30.1 Å². The molecule has 0 aliphatic rings. The first-order chi connectivity index (χ1) is 10.3. The van der Waals surface area contributed by atoms with Crippen molar-refractivity contribution >= 4 is 29.2 Å². The molecule has 1 unspecified atom stereocenters. The molecule has 6 N–H and O–H groups in total. The molecular formula is C13H13N5O4. The molecule has 0 saturated carbocycles. The van der Waals surface area contributed by atoms with Gasteiger partial charge in [0.05, 0.1) is 18.0 Å². The first kappa shape index (κ1) is 16.6. The Morgan fingerprint density at radius 3 is 2.36 bits per heavy atom. The third-order valence-electron chi connectivity index (χ3n) is 2.65.